The van der Waals surface area contributed by atoms with E-state index >= 15 is 0 Å². The molecular formula is C12H8BrN3O2S. The lowest BCUT2D eigenvalue weighted by Gasteiger charge is -2.03. The number of hydrogen-bond acceptors (Lipinski definition) is 6. The third-order valence-electron chi connectivity index (χ3n) is 2.61. The first-order chi connectivity index (χ1) is 9.19. The number of nitrogens with zero attached hydrogens (tertiary/aromatic N) is 3. The van der Waals surface area contributed by atoms with Crippen molar-refractivity contribution in [2.45, 2.75) is 6.61 Å². The van der Waals surface area contributed by atoms with Gasteiger partial charge in [0.25, 0.3) is 0 Å². The molecular weight excluding hydrogens is 330 g/mol. The molecule has 0 spiro atoms. The third kappa shape index (κ3) is 2.20. The largest absolute Gasteiger partial charge is 0.493 e. The lowest BCUT2D eigenvalue weighted by atomic mass is 10.2. The van der Waals surface area contributed by atoms with Crippen molar-refractivity contribution in [1.29, 1.82) is 0 Å². The minimum atomic E-state index is -0.0793. The van der Waals surface area contributed by atoms with Gasteiger partial charge >= 0.3 is 0 Å². The summed E-state index contributed by atoms with van der Waals surface area (Å²) in [7, 11) is 0. The quantitative estimate of drug-likeness (QED) is 0.751. The number of halogens is 1. The summed E-state index contributed by atoms with van der Waals surface area (Å²) in [6, 6.07) is 3.41. The fourth-order valence-corrected chi connectivity index (χ4v) is 3.27. The number of pyridine rings is 1. The van der Waals surface area contributed by atoms with E-state index in [1.54, 1.807) is 18.3 Å². The van der Waals surface area contributed by atoms with E-state index in [-0.39, 0.29) is 12.5 Å². The van der Waals surface area contributed by atoms with Crippen molar-refractivity contribution in [3.63, 3.8) is 0 Å². The average molecular weight is 338 g/mol. The summed E-state index contributed by atoms with van der Waals surface area (Å²) in [6.07, 6.45) is 1.58. The van der Waals surface area contributed by atoms with Crippen LogP contribution in [0.2, 0.25) is 0 Å². The Labute approximate surface area is 120 Å². The van der Waals surface area contributed by atoms with Crippen LogP contribution in [-0.2, 0) is 6.61 Å². The van der Waals surface area contributed by atoms with E-state index in [1.807, 2.05) is 5.38 Å². The van der Waals surface area contributed by atoms with Crippen LogP contribution in [0.3, 0.4) is 0 Å². The van der Waals surface area contributed by atoms with Crippen LogP contribution >= 0.6 is 27.3 Å². The zero-order chi connectivity index (χ0) is 13.4. The van der Waals surface area contributed by atoms with E-state index in [2.05, 4.69) is 30.9 Å². The van der Waals surface area contributed by atoms with Crippen LogP contribution in [0.5, 0.6) is 5.88 Å². The maximum atomic E-state index is 9.96. The Bertz CT molecular complexity index is 760. The van der Waals surface area contributed by atoms with Crippen LogP contribution < -0.4 is 0 Å². The first kappa shape index (κ1) is 12.5. The van der Waals surface area contributed by atoms with Gasteiger partial charge in [-0.1, -0.05) is 0 Å². The van der Waals surface area contributed by atoms with Gasteiger partial charge < -0.3 is 10.2 Å². The minimum Gasteiger partial charge on any atom is -0.493 e. The van der Waals surface area contributed by atoms with E-state index in [0.717, 1.165) is 10.0 Å². The summed E-state index contributed by atoms with van der Waals surface area (Å²) in [6.45, 7) is -0.0751. The first-order valence-electron chi connectivity index (χ1n) is 5.39. The highest BCUT2D eigenvalue weighted by Crippen LogP contribution is 2.35. The molecule has 0 saturated carbocycles. The van der Waals surface area contributed by atoms with Gasteiger partial charge in [0, 0.05) is 16.0 Å². The number of aliphatic hydroxyl groups is 1. The van der Waals surface area contributed by atoms with Crippen LogP contribution in [0, 0.1) is 0 Å². The van der Waals surface area contributed by atoms with Gasteiger partial charge in [0.05, 0.1) is 12.0 Å². The highest BCUT2D eigenvalue weighted by atomic mass is 79.9. The Morgan fingerprint density at radius 1 is 1.32 bits per heavy atom. The van der Waals surface area contributed by atoms with Crippen LogP contribution in [0.1, 0.15) is 5.56 Å². The molecule has 0 saturated heterocycles. The van der Waals surface area contributed by atoms with Crippen molar-refractivity contribution in [2.24, 2.45) is 0 Å². The third-order valence-corrected chi connectivity index (χ3v) is 4.41. The van der Waals surface area contributed by atoms with Crippen molar-refractivity contribution in [1.82, 2.24) is 15.0 Å². The maximum Gasteiger partial charge on any atom is 0.224 e. The molecule has 3 aromatic heterocycles. The van der Waals surface area contributed by atoms with E-state index in [1.165, 1.54) is 11.3 Å². The van der Waals surface area contributed by atoms with E-state index in [4.69, 9.17) is 5.11 Å². The number of aromatic nitrogens is 3. The predicted octanol–water partition coefficient (Wildman–Crippen LogP) is 2.71. The number of aromatic hydroxyl groups is 1. The molecule has 3 rings (SSSR count). The number of fused-ring (bicyclic) bond motifs is 1. The van der Waals surface area contributed by atoms with Gasteiger partial charge in [0.2, 0.25) is 5.88 Å². The molecule has 2 N–H and O–H groups in total. The molecule has 0 aromatic carbocycles. The lowest BCUT2D eigenvalue weighted by molar-refractivity contribution is 0.282. The maximum absolute atomic E-state index is 9.96. The summed E-state index contributed by atoms with van der Waals surface area (Å²) in [4.78, 5) is 13.3. The second-order valence-corrected chi connectivity index (χ2v) is 5.55. The van der Waals surface area contributed by atoms with E-state index in [9.17, 15) is 5.11 Å². The lowest BCUT2D eigenvalue weighted by Crippen LogP contribution is -1.94. The Morgan fingerprint density at radius 2 is 2.16 bits per heavy atom. The average Bonchev–Trinajstić information content (AvgIpc) is 2.81. The van der Waals surface area contributed by atoms with E-state index < -0.39 is 0 Å². The van der Waals surface area contributed by atoms with Crippen LogP contribution in [0.25, 0.3) is 21.7 Å². The standard InChI is InChI=1S/C12H8BrN3O2S/c13-7-5-19-12-9(7)11(18)15-10(16-12)8-3-6(4-17)1-2-14-8/h1-3,5,17H,4H2,(H,15,16,18). The molecule has 7 heteroatoms. The highest BCUT2D eigenvalue weighted by Gasteiger charge is 2.13. The van der Waals surface area contributed by atoms with Gasteiger partial charge in [0.15, 0.2) is 5.82 Å². The molecule has 0 amide bonds. The smallest absolute Gasteiger partial charge is 0.224 e. The molecule has 5 nitrogen and oxygen atoms in total. The molecule has 0 aliphatic rings. The number of rotatable bonds is 2. The monoisotopic (exact) mass is 337 g/mol. The summed E-state index contributed by atoms with van der Waals surface area (Å²) < 4.78 is 0.772. The summed E-state index contributed by atoms with van der Waals surface area (Å²) in [5.41, 5.74) is 1.24. The predicted molar refractivity (Wildman–Crippen MR) is 75.9 cm³/mol. The molecule has 0 radical (unpaired) electrons. The molecule has 96 valence electrons. The van der Waals surface area contributed by atoms with Crippen LogP contribution in [0.15, 0.2) is 28.2 Å². The van der Waals surface area contributed by atoms with Crippen molar-refractivity contribution in [3.05, 3.63) is 33.7 Å². The van der Waals surface area contributed by atoms with Gasteiger partial charge in [-0.25, -0.2) is 4.98 Å². The van der Waals surface area contributed by atoms with E-state index in [0.29, 0.717) is 21.7 Å². The summed E-state index contributed by atoms with van der Waals surface area (Å²) >= 11 is 4.75. The molecule has 3 heterocycles. The second-order valence-electron chi connectivity index (χ2n) is 3.84. The van der Waals surface area contributed by atoms with Crippen LogP contribution in [-0.4, -0.2) is 25.2 Å². The Balaban J connectivity index is 2.19. The molecule has 0 aliphatic carbocycles. The fourth-order valence-electron chi connectivity index (χ4n) is 1.70. The number of aliphatic hydroxyl groups excluding tert-OH is 1. The molecule has 19 heavy (non-hydrogen) atoms. The van der Waals surface area contributed by atoms with Crippen LogP contribution in [0.4, 0.5) is 0 Å². The van der Waals surface area contributed by atoms with Crippen molar-refractivity contribution in [3.8, 4) is 17.4 Å². The van der Waals surface area contributed by atoms with Gasteiger partial charge in [-0.15, -0.1) is 11.3 Å². The van der Waals surface area contributed by atoms with Crippen molar-refractivity contribution < 1.29 is 10.2 Å². The fraction of sp³-hybridized carbons (Fsp3) is 0.0833. The Morgan fingerprint density at radius 3 is 2.95 bits per heavy atom. The van der Waals surface area contributed by atoms with Gasteiger partial charge in [-0.3, -0.25) is 4.98 Å². The zero-order valence-corrected chi connectivity index (χ0v) is 11.9. The Kier molecular flexibility index (Phi) is 3.17. The second kappa shape index (κ2) is 4.84. The molecule has 3 aromatic rings. The van der Waals surface area contributed by atoms with Crippen molar-refractivity contribution >= 4 is 37.5 Å². The van der Waals surface area contributed by atoms with Gasteiger partial charge in [0.1, 0.15) is 10.5 Å². The van der Waals surface area contributed by atoms with Gasteiger partial charge in [-0.2, -0.15) is 4.98 Å². The minimum absolute atomic E-state index is 0.0751. The SMILES string of the molecule is OCc1ccnc(-c2nc(O)c3c(Br)csc3n2)c1. The Hall–Kier alpha value is -1.57. The topological polar surface area (TPSA) is 79.1 Å². The molecule has 0 aliphatic heterocycles. The molecule has 0 bridgehead atoms. The molecule has 0 atom stereocenters. The zero-order valence-electron chi connectivity index (χ0n) is 9.54. The summed E-state index contributed by atoms with van der Waals surface area (Å²) in [5.74, 6) is 0.263. The van der Waals surface area contributed by atoms with Crippen molar-refractivity contribution in [2.75, 3.05) is 0 Å². The highest BCUT2D eigenvalue weighted by molar-refractivity contribution is 9.10. The summed E-state index contributed by atoms with van der Waals surface area (Å²) in [5, 5.41) is 21.5. The first-order valence-corrected chi connectivity index (χ1v) is 7.06. The number of thiophene rings is 1. The number of hydrogen-bond donors (Lipinski definition) is 2. The molecule has 0 unspecified atom stereocenters. The normalized spacial score (nSPS) is 11.1. The van der Waals surface area contributed by atoms with Gasteiger partial charge in [-0.05, 0) is 33.6 Å². The molecule has 0 fully saturated rings.